The minimum Gasteiger partial charge on any atom is -0.508 e. The van der Waals surface area contributed by atoms with Crippen molar-refractivity contribution in [2.45, 2.75) is 50.4 Å². The summed E-state index contributed by atoms with van der Waals surface area (Å²) in [4.78, 5) is 34.3. The molecule has 8 rings (SSSR count). The van der Waals surface area contributed by atoms with Gasteiger partial charge in [0.1, 0.15) is 18.2 Å². The molecule has 0 aliphatic carbocycles. The van der Waals surface area contributed by atoms with Gasteiger partial charge in [0.15, 0.2) is 0 Å². The molecule has 47 heavy (non-hydrogen) atoms. The van der Waals surface area contributed by atoms with E-state index >= 15 is 0 Å². The van der Waals surface area contributed by atoms with E-state index in [2.05, 4.69) is 51.4 Å². The highest BCUT2D eigenvalue weighted by molar-refractivity contribution is 6.01. The number of aromatic nitrogens is 3. The lowest BCUT2D eigenvalue weighted by Crippen LogP contribution is -2.57. The monoisotopic (exact) mass is 629 g/mol. The molecule has 0 radical (unpaired) electrons. The number of rotatable bonds is 7. The second-order valence-electron chi connectivity index (χ2n) is 13.0. The standard InChI is InChI=1S/C37H39N7O3/c1-42-16-6-9-29(42)23-47-36-40-34-18-25(33-19-30(45)17-24-7-2-3-10-31(24)33)11-14-32(34)35(41-36)44-27-12-13-28(44)22-43(21-27)37(46)39-20-26-8-4-5-15-38-26/h2-5,7-8,10-11,14-15,17-19,27-29,45H,6,9,12-13,16,20-23H2,1H3,(H,39,46)/t27?,28?,29-/m0/s1. The van der Waals surface area contributed by atoms with E-state index in [1.165, 1.54) is 6.42 Å². The van der Waals surface area contributed by atoms with Crippen LogP contribution >= 0.6 is 0 Å². The molecule has 3 aliphatic heterocycles. The lowest BCUT2D eigenvalue weighted by atomic mass is 9.97. The number of phenols is 1. The average molecular weight is 630 g/mol. The van der Waals surface area contributed by atoms with Gasteiger partial charge in [-0.15, -0.1) is 0 Å². The van der Waals surface area contributed by atoms with Crippen LogP contribution in [-0.2, 0) is 6.54 Å². The van der Waals surface area contributed by atoms with E-state index in [0.717, 1.165) is 70.1 Å². The Morgan fingerprint density at radius 1 is 0.957 bits per heavy atom. The second kappa shape index (κ2) is 12.3. The van der Waals surface area contributed by atoms with Crippen molar-refractivity contribution in [3.8, 4) is 22.9 Å². The maximum atomic E-state index is 13.2. The van der Waals surface area contributed by atoms with Gasteiger partial charge in [0.05, 0.1) is 17.8 Å². The first-order chi connectivity index (χ1) is 23.0. The molecule has 2 aromatic heterocycles. The Bertz CT molecular complexity index is 1920. The normalized spacial score (nSPS) is 21.1. The Kier molecular flexibility index (Phi) is 7.73. The summed E-state index contributed by atoms with van der Waals surface area (Å²) in [7, 11) is 2.14. The minimum atomic E-state index is -0.0626. The molecular formula is C37H39N7O3. The number of pyridine rings is 1. The molecule has 3 aromatic carbocycles. The summed E-state index contributed by atoms with van der Waals surface area (Å²) in [6.07, 6.45) is 5.97. The number of carbonyl (C=O) groups is 1. The summed E-state index contributed by atoms with van der Waals surface area (Å²) in [6, 6.07) is 24.6. The summed E-state index contributed by atoms with van der Waals surface area (Å²) in [5, 5.41) is 16.6. The van der Waals surface area contributed by atoms with Crippen molar-refractivity contribution in [3.63, 3.8) is 0 Å². The zero-order valence-corrected chi connectivity index (χ0v) is 26.5. The Labute approximate surface area is 274 Å². The molecule has 5 aromatic rings. The van der Waals surface area contributed by atoms with E-state index in [1.807, 2.05) is 47.4 Å². The molecule has 2 bridgehead atoms. The molecule has 5 heterocycles. The molecule has 0 saturated carbocycles. The maximum Gasteiger partial charge on any atom is 0.319 e. The maximum absolute atomic E-state index is 13.2. The molecule has 3 aliphatic rings. The number of urea groups is 1. The van der Waals surface area contributed by atoms with Crippen molar-refractivity contribution >= 4 is 33.5 Å². The number of amides is 2. The van der Waals surface area contributed by atoms with Gasteiger partial charge >= 0.3 is 12.0 Å². The third-order valence-corrected chi connectivity index (χ3v) is 10.1. The first-order valence-electron chi connectivity index (χ1n) is 16.6. The molecule has 2 unspecified atom stereocenters. The van der Waals surface area contributed by atoms with Gasteiger partial charge in [-0.05, 0) is 97.6 Å². The Morgan fingerprint density at radius 3 is 2.57 bits per heavy atom. The zero-order chi connectivity index (χ0) is 31.9. The van der Waals surface area contributed by atoms with Crippen LogP contribution in [0.1, 0.15) is 31.4 Å². The first-order valence-corrected chi connectivity index (χ1v) is 16.6. The molecule has 3 atom stereocenters. The van der Waals surface area contributed by atoms with E-state index in [0.29, 0.717) is 38.3 Å². The number of ether oxygens (including phenoxy) is 1. The molecular weight excluding hydrogens is 590 g/mol. The summed E-state index contributed by atoms with van der Waals surface area (Å²) in [5.41, 5.74) is 3.55. The van der Waals surface area contributed by atoms with Gasteiger partial charge in [-0.25, -0.2) is 4.79 Å². The van der Waals surface area contributed by atoms with E-state index in [-0.39, 0.29) is 23.9 Å². The predicted octanol–water partition coefficient (Wildman–Crippen LogP) is 5.59. The van der Waals surface area contributed by atoms with Gasteiger partial charge in [0, 0.05) is 42.8 Å². The van der Waals surface area contributed by atoms with Crippen molar-refractivity contribution < 1.29 is 14.6 Å². The number of phenolic OH excluding ortho intramolecular Hbond substituents is 1. The number of hydrogen-bond donors (Lipinski definition) is 2. The molecule has 10 heteroatoms. The highest BCUT2D eigenvalue weighted by Gasteiger charge is 2.43. The Hall–Kier alpha value is -4.96. The van der Waals surface area contributed by atoms with Gasteiger partial charge < -0.3 is 29.9 Å². The number of hydrogen-bond acceptors (Lipinski definition) is 8. The first kappa shape index (κ1) is 29.4. The van der Waals surface area contributed by atoms with Gasteiger partial charge in [0.2, 0.25) is 0 Å². The molecule has 3 fully saturated rings. The largest absolute Gasteiger partial charge is 0.508 e. The van der Waals surface area contributed by atoms with E-state index in [4.69, 9.17) is 14.7 Å². The Morgan fingerprint density at radius 2 is 1.79 bits per heavy atom. The molecule has 240 valence electrons. The SMILES string of the molecule is CN1CCC[C@H]1COc1nc(N2C3CCC2CN(C(=O)NCc2ccccn2)C3)c2ccc(-c3cc(O)cc4ccccc34)cc2n1. The van der Waals surface area contributed by atoms with Crippen LogP contribution in [0, 0.1) is 0 Å². The van der Waals surface area contributed by atoms with E-state index < -0.39 is 0 Å². The fourth-order valence-corrected chi connectivity index (χ4v) is 7.61. The number of piperazine rings is 1. The number of aromatic hydroxyl groups is 1. The molecule has 2 N–H and O–H groups in total. The van der Waals surface area contributed by atoms with Crippen LogP contribution < -0.4 is 15.0 Å². The Balaban J connectivity index is 1.12. The van der Waals surface area contributed by atoms with Crippen LogP contribution in [0.5, 0.6) is 11.8 Å². The summed E-state index contributed by atoms with van der Waals surface area (Å²) in [5.74, 6) is 1.09. The van der Waals surface area contributed by atoms with Crippen LogP contribution in [0.2, 0.25) is 0 Å². The zero-order valence-electron chi connectivity index (χ0n) is 26.5. The molecule has 3 saturated heterocycles. The van der Waals surface area contributed by atoms with E-state index in [9.17, 15) is 9.90 Å². The molecule has 10 nitrogen and oxygen atoms in total. The summed E-state index contributed by atoms with van der Waals surface area (Å²) >= 11 is 0. The number of likely N-dealkylation sites (tertiary alicyclic amines) is 2. The highest BCUT2D eigenvalue weighted by atomic mass is 16.5. The van der Waals surface area contributed by atoms with Gasteiger partial charge in [0.25, 0.3) is 0 Å². The summed E-state index contributed by atoms with van der Waals surface area (Å²) in [6.45, 7) is 3.25. The van der Waals surface area contributed by atoms with Crippen molar-refractivity contribution in [3.05, 3.63) is 84.7 Å². The fraction of sp³-hybridized carbons (Fsp3) is 0.351. The van der Waals surface area contributed by atoms with E-state index in [1.54, 1.807) is 12.3 Å². The number of carbonyl (C=O) groups excluding carboxylic acids is 1. The number of nitrogens with one attached hydrogen (secondary N) is 1. The van der Waals surface area contributed by atoms with Gasteiger partial charge in [-0.2, -0.15) is 9.97 Å². The second-order valence-corrected chi connectivity index (χ2v) is 13.0. The minimum absolute atomic E-state index is 0.0626. The highest BCUT2D eigenvalue weighted by Crippen LogP contribution is 2.40. The van der Waals surface area contributed by atoms with Crippen LogP contribution in [0.3, 0.4) is 0 Å². The van der Waals surface area contributed by atoms with Crippen LogP contribution in [0.4, 0.5) is 10.6 Å². The third kappa shape index (κ3) is 5.78. The van der Waals surface area contributed by atoms with Crippen LogP contribution in [0.15, 0.2) is 79.0 Å². The lowest BCUT2D eigenvalue weighted by Gasteiger charge is -2.42. The molecule has 2 amide bonds. The number of nitrogens with zero attached hydrogens (tertiary/aromatic N) is 6. The average Bonchev–Trinajstić information content (AvgIpc) is 3.63. The van der Waals surface area contributed by atoms with Crippen LogP contribution in [0.25, 0.3) is 32.8 Å². The number of benzene rings is 3. The van der Waals surface area contributed by atoms with Crippen molar-refractivity contribution in [2.75, 3.05) is 38.2 Å². The molecule has 0 spiro atoms. The van der Waals surface area contributed by atoms with Gasteiger partial charge in [-0.3, -0.25) is 4.98 Å². The van der Waals surface area contributed by atoms with Crippen LogP contribution in [-0.4, -0.2) is 87.3 Å². The number of likely N-dealkylation sites (N-methyl/N-ethyl adjacent to an activating group) is 1. The fourth-order valence-electron chi connectivity index (χ4n) is 7.61. The third-order valence-electron chi connectivity index (χ3n) is 10.1. The lowest BCUT2D eigenvalue weighted by molar-refractivity contribution is 0.181. The van der Waals surface area contributed by atoms with Crippen molar-refractivity contribution in [1.29, 1.82) is 0 Å². The quantitative estimate of drug-likeness (QED) is 0.240. The predicted molar refractivity (Wildman–Crippen MR) is 183 cm³/mol. The smallest absolute Gasteiger partial charge is 0.319 e. The topological polar surface area (TPSA) is 107 Å². The van der Waals surface area contributed by atoms with Crippen molar-refractivity contribution in [2.24, 2.45) is 0 Å². The number of anilines is 1. The summed E-state index contributed by atoms with van der Waals surface area (Å²) < 4.78 is 6.35. The number of fused-ring (bicyclic) bond motifs is 4. The van der Waals surface area contributed by atoms with Gasteiger partial charge in [-0.1, -0.05) is 36.4 Å². The van der Waals surface area contributed by atoms with Crippen molar-refractivity contribution in [1.82, 2.24) is 30.1 Å².